The van der Waals surface area contributed by atoms with E-state index in [1.54, 1.807) is 30.3 Å². The lowest BCUT2D eigenvalue weighted by Gasteiger charge is -2.14. The van der Waals surface area contributed by atoms with Gasteiger partial charge in [-0.1, -0.05) is 18.2 Å². The molecule has 0 saturated heterocycles. The van der Waals surface area contributed by atoms with Crippen LogP contribution in [0, 0.1) is 6.92 Å². The Balaban J connectivity index is 2.30. The Morgan fingerprint density at radius 1 is 1.05 bits per heavy atom. The highest BCUT2D eigenvalue weighted by atomic mass is 19.3. The number of ether oxygens (including phenoxy) is 1. The third-order valence-electron chi connectivity index (χ3n) is 2.75. The predicted molar refractivity (Wildman–Crippen MR) is 71.9 cm³/mol. The molecule has 2 rings (SSSR count). The number of nitrogens with one attached hydrogen (secondary N) is 1. The quantitative estimate of drug-likeness (QED) is 0.823. The van der Waals surface area contributed by atoms with Crippen LogP contribution in [0.25, 0.3) is 0 Å². The summed E-state index contributed by atoms with van der Waals surface area (Å²) >= 11 is 0. The summed E-state index contributed by atoms with van der Waals surface area (Å²) in [5.74, 6) is 0.0966. The van der Waals surface area contributed by atoms with Gasteiger partial charge < -0.3 is 15.8 Å². The van der Waals surface area contributed by atoms with Crippen LogP contribution in [-0.2, 0) is 0 Å². The second-order valence-corrected chi connectivity index (χ2v) is 4.02. The average molecular weight is 264 g/mol. The van der Waals surface area contributed by atoms with Crippen LogP contribution in [0.5, 0.6) is 5.75 Å². The molecule has 0 atom stereocenters. The van der Waals surface area contributed by atoms with Gasteiger partial charge in [0.25, 0.3) is 0 Å². The van der Waals surface area contributed by atoms with Crippen molar-refractivity contribution in [2.75, 3.05) is 11.1 Å². The Labute approximate surface area is 110 Å². The molecule has 19 heavy (non-hydrogen) atoms. The van der Waals surface area contributed by atoms with Crippen molar-refractivity contribution in [3.8, 4) is 5.75 Å². The molecule has 3 N–H and O–H groups in total. The van der Waals surface area contributed by atoms with Crippen LogP contribution < -0.4 is 15.8 Å². The first-order valence-electron chi connectivity index (χ1n) is 5.74. The first kappa shape index (κ1) is 13.1. The molecular weight excluding hydrogens is 250 g/mol. The highest BCUT2D eigenvalue weighted by molar-refractivity contribution is 5.72. The number of hydrogen-bond acceptors (Lipinski definition) is 3. The molecule has 0 saturated carbocycles. The maximum atomic E-state index is 12.3. The Morgan fingerprint density at radius 3 is 2.47 bits per heavy atom. The summed E-state index contributed by atoms with van der Waals surface area (Å²) in [6.07, 6.45) is 0. The van der Waals surface area contributed by atoms with Gasteiger partial charge in [0.15, 0.2) is 0 Å². The topological polar surface area (TPSA) is 47.3 Å². The number of para-hydroxylation sites is 2. The normalized spacial score (nSPS) is 10.5. The molecule has 2 aromatic rings. The minimum atomic E-state index is -2.86. The SMILES string of the molecule is Cc1c(N)cccc1Nc1ccccc1OC(F)F. The standard InChI is InChI=1S/C14H14F2N2O/c1-9-10(17)5-4-7-11(9)18-12-6-2-3-8-13(12)19-14(15)16/h2-8,14,18H,17H2,1H3. The number of alkyl halides is 2. The first-order valence-corrected chi connectivity index (χ1v) is 5.74. The summed E-state index contributed by atoms with van der Waals surface area (Å²) in [7, 11) is 0. The molecule has 0 aliphatic rings. The van der Waals surface area contributed by atoms with Crippen molar-refractivity contribution in [2.45, 2.75) is 13.5 Å². The van der Waals surface area contributed by atoms with E-state index in [-0.39, 0.29) is 5.75 Å². The van der Waals surface area contributed by atoms with Crippen LogP contribution in [0.15, 0.2) is 42.5 Å². The van der Waals surface area contributed by atoms with Gasteiger partial charge in [-0.25, -0.2) is 0 Å². The third-order valence-corrected chi connectivity index (χ3v) is 2.75. The zero-order valence-electron chi connectivity index (χ0n) is 10.4. The van der Waals surface area contributed by atoms with Gasteiger partial charge in [-0.05, 0) is 36.8 Å². The van der Waals surface area contributed by atoms with Gasteiger partial charge in [0.1, 0.15) is 5.75 Å². The maximum absolute atomic E-state index is 12.3. The molecule has 100 valence electrons. The van der Waals surface area contributed by atoms with E-state index < -0.39 is 6.61 Å². The van der Waals surface area contributed by atoms with Crippen molar-refractivity contribution in [1.82, 2.24) is 0 Å². The summed E-state index contributed by atoms with van der Waals surface area (Å²) < 4.78 is 29.1. The molecule has 5 heteroatoms. The third kappa shape index (κ3) is 3.13. The lowest BCUT2D eigenvalue weighted by molar-refractivity contribution is -0.0493. The van der Waals surface area contributed by atoms with Crippen molar-refractivity contribution in [1.29, 1.82) is 0 Å². The average Bonchev–Trinajstić information content (AvgIpc) is 2.36. The zero-order valence-corrected chi connectivity index (χ0v) is 10.4. The number of benzene rings is 2. The van der Waals surface area contributed by atoms with Crippen molar-refractivity contribution in [3.63, 3.8) is 0 Å². The highest BCUT2D eigenvalue weighted by Crippen LogP contribution is 2.31. The number of nitrogen functional groups attached to an aromatic ring is 1. The number of halogens is 2. The lowest BCUT2D eigenvalue weighted by atomic mass is 10.1. The van der Waals surface area contributed by atoms with Crippen molar-refractivity contribution in [2.24, 2.45) is 0 Å². The smallest absolute Gasteiger partial charge is 0.387 e. The molecule has 3 nitrogen and oxygen atoms in total. The van der Waals surface area contributed by atoms with E-state index in [9.17, 15) is 8.78 Å². The minimum absolute atomic E-state index is 0.0966. The van der Waals surface area contributed by atoms with Gasteiger partial charge in [0.2, 0.25) is 0 Å². The Kier molecular flexibility index (Phi) is 3.85. The van der Waals surface area contributed by atoms with E-state index in [2.05, 4.69) is 10.1 Å². The van der Waals surface area contributed by atoms with E-state index in [1.165, 1.54) is 6.07 Å². The Morgan fingerprint density at radius 2 is 1.74 bits per heavy atom. The van der Waals surface area contributed by atoms with Crippen LogP contribution in [-0.4, -0.2) is 6.61 Å². The molecule has 0 fully saturated rings. The number of nitrogens with two attached hydrogens (primary N) is 1. The summed E-state index contributed by atoms with van der Waals surface area (Å²) in [6.45, 7) is -1.00. The Hall–Kier alpha value is -2.30. The molecule has 0 bridgehead atoms. The first-order chi connectivity index (χ1) is 9.08. The number of anilines is 3. The molecule has 0 unspecified atom stereocenters. The predicted octanol–water partition coefficient (Wildman–Crippen LogP) is 3.92. The van der Waals surface area contributed by atoms with Gasteiger partial charge in [-0.3, -0.25) is 0 Å². The molecule has 2 aromatic carbocycles. The summed E-state index contributed by atoms with van der Waals surface area (Å²) in [5, 5.41) is 3.05. The number of hydrogen-bond donors (Lipinski definition) is 2. The van der Waals surface area contributed by atoms with E-state index in [0.717, 1.165) is 11.3 Å². The molecule has 0 aliphatic heterocycles. The minimum Gasteiger partial charge on any atom is -0.433 e. The molecule has 0 spiro atoms. The molecule has 0 amide bonds. The molecule has 0 aliphatic carbocycles. The van der Waals surface area contributed by atoms with Gasteiger partial charge in [-0.15, -0.1) is 0 Å². The van der Waals surface area contributed by atoms with Gasteiger partial charge in [0.05, 0.1) is 5.69 Å². The molecule has 0 radical (unpaired) electrons. The van der Waals surface area contributed by atoms with Crippen molar-refractivity contribution >= 4 is 17.1 Å². The van der Waals surface area contributed by atoms with E-state index in [0.29, 0.717) is 11.4 Å². The van der Waals surface area contributed by atoms with Crippen LogP contribution in [0.3, 0.4) is 0 Å². The van der Waals surface area contributed by atoms with Crippen LogP contribution >= 0.6 is 0 Å². The van der Waals surface area contributed by atoms with E-state index >= 15 is 0 Å². The second kappa shape index (κ2) is 5.56. The molecule has 0 aromatic heterocycles. The van der Waals surface area contributed by atoms with Gasteiger partial charge in [0, 0.05) is 11.4 Å². The largest absolute Gasteiger partial charge is 0.433 e. The highest BCUT2D eigenvalue weighted by Gasteiger charge is 2.10. The molecular formula is C14H14F2N2O. The van der Waals surface area contributed by atoms with Gasteiger partial charge in [-0.2, -0.15) is 8.78 Å². The second-order valence-electron chi connectivity index (χ2n) is 4.02. The number of rotatable bonds is 4. The van der Waals surface area contributed by atoms with Crippen molar-refractivity contribution < 1.29 is 13.5 Å². The van der Waals surface area contributed by atoms with Gasteiger partial charge >= 0.3 is 6.61 Å². The zero-order chi connectivity index (χ0) is 13.8. The van der Waals surface area contributed by atoms with Crippen LogP contribution in [0.4, 0.5) is 25.8 Å². The lowest BCUT2D eigenvalue weighted by Crippen LogP contribution is -2.05. The van der Waals surface area contributed by atoms with E-state index in [1.807, 2.05) is 13.0 Å². The summed E-state index contributed by atoms with van der Waals surface area (Å²) in [5.41, 5.74) is 8.52. The Bertz CT molecular complexity index is 573. The van der Waals surface area contributed by atoms with Crippen molar-refractivity contribution in [3.05, 3.63) is 48.0 Å². The summed E-state index contributed by atoms with van der Waals surface area (Å²) in [6, 6.07) is 11.9. The fourth-order valence-corrected chi connectivity index (χ4v) is 1.70. The molecule has 0 heterocycles. The maximum Gasteiger partial charge on any atom is 0.387 e. The van der Waals surface area contributed by atoms with Crippen LogP contribution in [0.1, 0.15) is 5.56 Å². The van der Waals surface area contributed by atoms with E-state index in [4.69, 9.17) is 5.73 Å². The summed E-state index contributed by atoms with van der Waals surface area (Å²) in [4.78, 5) is 0. The fraction of sp³-hybridized carbons (Fsp3) is 0.143. The fourth-order valence-electron chi connectivity index (χ4n) is 1.70. The van der Waals surface area contributed by atoms with Crippen LogP contribution in [0.2, 0.25) is 0 Å². The monoisotopic (exact) mass is 264 g/mol.